The summed E-state index contributed by atoms with van der Waals surface area (Å²) in [6, 6.07) is 6.71. The molecule has 14 heavy (non-hydrogen) atoms. The summed E-state index contributed by atoms with van der Waals surface area (Å²) in [5.41, 5.74) is 6.00. The average Bonchev–Trinajstić information content (AvgIpc) is 2.94. The van der Waals surface area contributed by atoms with E-state index in [9.17, 15) is 9.50 Å². The number of hydrogen-bond acceptors (Lipinski definition) is 2. The Kier molecular flexibility index (Phi) is 2.29. The normalized spacial score (nSPS) is 30.4. The first-order valence-corrected chi connectivity index (χ1v) is 4.79. The van der Waals surface area contributed by atoms with Gasteiger partial charge in [-0.25, -0.2) is 4.39 Å². The second-order valence-corrected chi connectivity index (χ2v) is 4.00. The fourth-order valence-corrected chi connectivity index (χ4v) is 2.01. The minimum atomic E-state index is -0.262. The summed E-state index contributed by atoms with van der Waals surface area (Å²) >= 11 is 0. The Bertz CT molecular complexity index is 336. The molecule has 0 aromatic heterocycles. The van der Waals surface area contributed by atoms with Gasteiger partial charge < -0.3 is 10.8 Å². The van der Waals surface area contributed by atoms with Gasteiger partial charge >= 0.3 is 0 Å². The van der Waals surface area contributed by atoms with Crippen LogP contribution in [0.5, 0.6) is 0 Å². The summed E-state index contributed by atoms with van der Waals surface area (Å²) in [7, 11) is 0. The Morgan fingerprint density at radius 3 is 2.71 bits per heavy atom. The second kappa shape index (κ2) is 3.33. The monoisotopic (exact) mass is 195 g/mol. The minimum absolute atomic E-state index is 0.0441. The van der Waals surface area contributed by atoms with Crippen LogP contribution in [0.1, 0.15) is 17.9 Å². The van der Waals surface area contributed by atoms with Crippen LogP contribution in [-0.2, 0) is 0 Å². The SMILES string of the molecule is NC[C@]1(CO)C[C@@H]1c1ccccc1F. The molecule has 0 radical (unpaired) electrons. The van der Waals surface area contributed by atoms with E-state index in [0.29, 0.717) is 12.1 Å². The molecule has 3 heteroatoms. The van der Waals surface area contributed by atoms with Crippen molar-refractivity contribution in [3.8, 4) is 0 Å². The van der Waals surface area contributed by atoms with Gasteiger partial charge in [0.05, 0.1) is 6.61 Å². The van der Waals surface area contributed by atoms with Crippen LogP contribution in [0.4, 0.5) is 4.39 Å². The molecule has 2 nitrogen and oxygen atoms in total. The Balaban J connectivity index is 2.24. The van der Waals surface area contributed by atoms with E-state index in [4.69, 9.17) is 5.73 Å². The smallest absolute Gasteiger partial charge is 0.126 e. The quantitative estimate of drug-likeness (QED) is 0.762. The molecule has 0 spiro atoms. The van der Waals surface area contributed by atoms with E-state index in [2.05, 4.69) is 0 Å². The lowest BCUT2D eigenvalue weighted by atomic mass is 10.00. The van der Waals surface area contributed by atoms with Gasteiger partial charge in [0.25, 0.3) is 0 Å². The highest BCUT2D eigenvalue weighted by molar-refractivity contribution is 5.31. The Morgan fingerprint density at radius 2 is 2.21 bits per heavy atom. The van der Waals surface area contributed by atoms with Gasteiger partial charge in [0.15, 0.2) is 0 Å². The maximum Gasteiger partial charge on any atom is 0.126 e. The summed E-state index contributed by atoms with van der Waals surface area (Å²) in [6.07, 6.45) is 0.793. The van der Waals surface area contributed by atoms with Gasteiger partial charge in [0.1, 0.15) is 5.82 Å². The fourth-order valence-electron chi connectivity index (χ4n) is 2.01. The molecule has 0 bridgehead atoms. The van der Waals surface area contributed by atoms with Crippen LogP contribution in [0.3, 0.4) is 0 Å². The number of rotatable bonds is 3. The zero-order chi connectivity index (χ0) is 10.2. The number of aliphatic hydroxyl groups is 1. The largest absolute Gasteiger partial charge is 0.396 e. The minimum Gasteiger partial charge on any atom is -0.396 e. The molecule has 1 aliphatic rings. The Labute approximate surface area is 82.5 Å². The van der Waals surface area contributed by atoms with E-state index in [0.717, 1.165) is 6.42 Å². The number of nitrogens with two attached hydrogens (primary N) is 1. The molecule has 1 fully saturated rings. The molecule has 1 saturated carbocycles. The predicted octanol–water partition coefficient (Wildman–Crippen LogP) is 1.25. The Hall–Kier alpha value is -0.930. The summed E-state index contributed by atoms with van der Waals surface area (Å²) in [6.45, 7) is 0.463. The number of halogens is 1. The molecule has 1 aromatic rings. The van der Waals surface area contributed by atoms with Gasteiger partial charge in [-0.1, -0.05) is 18.2 Å². The molecule has 0 heterocycles. The number of aliphatic hydroxyl groups excluding tert-OH is 1. The highest BCUT2D eigenvalue weighted by atomic mass is 19.1. The van der Waals surface area contributed by atoms with E-state index < -0.39 is 0 Å². The van der Waals surface area contributed by atoms with Gasteiger partial charge in [-0.2, -0.15) is 0 Å². The fraction of sp³-hybridized carbons (Fsp3) is 0.455. The predicted molar refractivity (Wildman–Crippen MR) is 52.3 cm³/mol. The van der Waals surface area contributed by atoms with Crippen molar-refractivity contribution in [2.45, 2.75) is 12.3 Å². The van der Waals surface area contributed by atoms with Crippen molar-refractivity contribution in [1.82, 2.24) is 0 Å². The van der Waals surface area contributed by atoms with Gasteiger partial charge in [0, 0.05) is 12.0 Å². The van der Waals surface area contributed by atoms with Crippen LogP contribution in [0, 0.1) is 11.2 Å². The second-order valence-electron chi connectivity index (χ2n) is 4.00. The number of hydrogen-bond donors (Lipinski definition) is 2. The molecule has 76 valence electrons. The first-order valence-electron chi connectivity index (χ1n) is 4.79. The molecule has 0 unspecified atom stereocenters. The molecule has 0 saturated heterocycles. The van der Waals surface area contributed by atoms with Crippen molar-refractivity contribution in [2.24, 2.45) is 11.1 Å². The highest BCUT2D eigenvalue weighted by Crippen LogP contribution is 2.58. The maximum atomic E-state index is 13.4. The molecule has 0 aliphatic heterocycles. The molecule has 2 rings (SSSR count). The van der Waals surface area contributed by atoms with Crippen LogP contribution in [-0.4, -0.2) is 18.3 Å². The van der Waals surface area contributed by atoms with Crippen LogP contribution in [0.25, 0.3) is 0 Å². The maximum absolute atomic E-state index is 13.4. The summed E-state index contributed by atoms with van der Waals surface area (Å²) in [5, 5.41) is 9.18. The molecule has 2 atom stereocenters. The highest BCUT2D eigenvalue weighted by Gasteiger charge is 2.54. The standard InChI is InChI=1S/C11H14FNO/c12-10-4-2-1-3-8(10)9-5-11(9,6-13)7-14/h1-4,9,14H,5-7,13H2/t9-,11+/m1/s1. The molecule has 1 aliphatic carbocycles. The van der Waals surface area contributed by atoms with E-state index in [-0.39, 0.29) is 23.8 Å². The summed E-state index contributed by atoms with van der Waals surface area (Å²) in [5.74, 6) is -0.0972. The molecule has 1 aromatic carbocycles. The van der Waals surface area contributed by atoms with E-state index in [1.165, 1.54) is 6.07 Å². The molecular formula is C11H14FNO. The van der Waals surface area contributed by atoms with Gasteiger partial charge in [0.2, 0.25) is 0 Å². The lowest BCUT2D eigenvalue weighted by molar-refractivity contribution is 0.211. The van der Waals surface area contributed by atoms with E-state index in [1.807, 2.05) is 6.07 Å². The lowest BCUT2D eigenvalue weighted by Crippen LogP contribution is -2.21. The van der Waals surface area contributed by atoms with Crippen molar-refractivity contribution in [1.29, 1.82) is 0 Å². The molecule has 3 N–H and O–H groups in total. The van der Waals surface area contributed by atoms with Crippen molar-refractivity contribution in [3.05, 3.63) is 35.6 Å². The van der Waals surface area contributed by atoms with Gasteiger partial charge in [-0.05, 0) is 24.0 Å². The summed E-state index contributed by atoms with van der Waals surface area (Å²) in [4.78, 5) is 0. The third kappa shape index (κ3) is 1.33. The van der Waals surface area contributed by atoms with Crippen molar-refractivity contribution in [2.75, 3.05) is 13.2 Å². The van der Waals surface area contributed by atoms with E-state index in [1.54, 1.807) is 12.1 Å². The molecule has 0 amide bonds. The Morgan fingerprint density at radius 1 is 1.50 bits per heavy atom. The van der Waals surface area contributed by atoms with Gasteiger partial charge in [-0.15, -0.1) is 0 Å². The van der Waals surface area contributed by atoms with Crippen molar-refractivity contribution < 1.29 is 9.50 Å². The lowest BCUT2D eigenvalue weighted by Gasteiger charge is -2.11. The summed E-state index contributed by atoms with van der Waals surface area (Å²) < 4.78 is 13.4. The third-order valence-electron chi connectivity index (χ3n) is 3.19. The molecular weight excluding hydrogens is 181 g/mol. The van der Waals surface area contributed by atoms with Gasteiger partial charge in [-0.3, -0.25) is 0 Å². The zero-order valence-corrected chi connectivity index (χ0v) is 7.91. The van der Waals surface area contributed by atoms with Crippen LogP contribution in [0.15, 0.2) is 24.3 Å². The average molecular weight is 195 g/mol. The van der Waals surface area contributed by atoms with Crippen molar-refractivity contribution in [3.63, 3.8) is 0 Å². The van der Waals surface area contributed by atoms with Crippen LogP contribution < -0.4 is 5.73 Å². The van der Waals surface area contributed by atoms with Crippen LogP contribution >= 0.6 is 0 Å². The first kappa shape index (κ1) is 9.62. The van der Waals surface area contributed by atoms with Crippen molar-refractivity contribution >= 4 is 0 Å². The number of benzene rings is 1. The first-order chi connectivity index (χ1) is 6.73. The third-order valence-corrected chi connectivity index (χ3v) is 3.19. The van der Waals surface area contributed by atoms with Crippen LogP contribution in [0.2, 0.25) is 0 Å². The van der Waals surface area contributed by atoms with E-state index >= 15 is 0 Å². The topological polar surface area (TPSA) is 46.2 Å². The zero-order valence-electron chi connectivity index (χ0n) is 7.91.